The Hall–Kier alpha value is -3.06. The predicted molar refractivity (Wildman–Crippen MR) is 102 cm³/mol. The second-order valence-corrected chi connectivity index (χ2v) is 6.84. The molecule has 0 radical (unpaired) electrons. The van der Waals surface area contributed by atoms with Gasteiger partial charge in [-0.25, -0.2) is 0 Å². The van der Waals surface area contributed by atoms with E-state index in [2.05, 4.69) is 15.5 Å². The van der Waals surface area contributed by atoms with E-state index in [9.17, 15) is 4.79 Å². The van der Waals surface area contributed by atoms with Crippen molar-refractivity contribution in [3.63, 3.8) is 0 Å². The first-order valence-corrected chi connectivity index (χ1v) is 9.16. The third-order valence-electron chi connectivity index (χ3n) is 4.53. The number of nitrogens with one attached hydrogen (secondary N) is 1. The number of rotatable bonds is 5. The van der Waals surface area contributed by atoms with Gasteiger partial charge in [0.1, 0.15) is 6.61 Å². The highest BCUT2D eigenvalue weighted by Crippen LogP contribution is 2.36. The van der Waals surface area contributed by atoms with E-state index in [0.29, 0.717) is 41.3 Å². The highest BCUT2D eigenvalue weighted by atomic mass is 35.5. The number of fused-ring (bicyclic) bond motifs is 1. The second kappa shape index (κ2) is 7.90. The molecule has 0 saturated heterocycles. The van der Waals surface area contributed by atoms with Gasteiger partial charge < -0.3 is 19.3 Å². The molecule has 0 aliphatic carbocycles. The number of methoxy groups -OCH3 is 1. The first-order valence-electron chi connectivity index (χ1n) is 8.79. The summed E-state index contributed by atoms with van der Waals surface area (Å²) >= 11 is 5.88. The Balaban J connectivity index is 1.37. The Morgan fingerprint density at radius 2 is 2.11 bits per heavy atom. The molecule has 144 valence electrons. The van der Waals surface area contributed by atoms with Crippen molar-refractivity contribution in [2.24, 2.45) is 5.92 Å². The monoisotopic (exact) mass is 399 g/mol. The van der Waals surface area contributed by atoms with Crippen molar-refractivity contribution in [1.82, 2.24) is 15.5 Å². The van der Waals surface area contributed by atoms with E-state index in [4.69, 9.17) is 25.6 Å². The van der Waals surface area contributed by atoms with Gasteiger partial charge in [-0.2, -0.15) is 4.98 Å². The van der Waals surface area contributed by atoms with Crippen LogP contribution < -0.4 is 14.8 Å². The molecule has 0 bridgehead atoms. The summed E-state index contributed by atoms with van der Waals surface area (Å²) in [6, 6.07) is 12.8. The SMILES string of the molecule is COc1cccc2c1OC[C@@H](C(=O)NCc1noc(-c3ccc(Cl)cc3)n1)C2. The zero-order valence-electron chi connectivity index (χ0n) is 15.1. The largest absolute Gasteiger partial charge is 0.493 e. The molecular weight excluding hydrogens is 382 g/mol. The highest BCUT2D eigenvalue weighted by Gasteiger charge is 2.28. The lowest BCUT2D eigenvalue weighted by Gasteiger charge is -2.25. The lowest BCUT2D eigenvalue weighted by atomic mass is 9.95. The molecule has 1 aromatic heterocycles. The summed E-state index contributed by atoms with van der Waals surface area (Å²) in [7, 11) is 1.60. The second-order valence-electron chi connectivity index (χ2n) is 6.40. The maximum atomic E-state index is 12.5. The number of para-hydroxylation sites is 1. The fraction of sp³-hybridized carbons (Fsp3) is 0.250. The third-order valence-corrected chi connectivity index (χ3v) is 4.78. The number of halogens is 1. The topological polar surface area (TPSA) is 86.5 Å². The summed E-state index contributed by atoms with van der Waals surface area (Å²) in [5.74, 6) is 1.76. The number of carbonyl (C=O) groups excluding carboxylic acids is 1. The van der Waals surface area contributed by atoms with Crippen molar-refractivity contribution in [2.45, 2.75) is 13.0 Å². The molecule has 0 fully saturated rings. The third kappa shape index (κ3) is 3.80. The maximum Gasteiger partial charge on any atom is 0.257 e. The van der Waals surface area contributed by atoms with E-state index >= 15 is 0 Å². The van der Waals surface area contributed by atoms with E-state index in [0.717, 1.165) is 11.1 Å². The zero-order chi connectivity index (χ0) is 19.5. The number of carbonyl (C=O) groups is 1. The molecule has 1 N–H and O–H groups in total. The van der Waals surface area contributed by atoms with Crippen molar-refractivity contribution in [3.05, 3.63) is 58.9 Å². The van der Waals surface area contributed by atoms with Crippen molar-refractivity contribution in [1.29, 1.82) is 0 Å². The molecule has 7 nitrogen and oxygen atoms in total. The Labute approximate surface area is 166 Å². The fourth-order valence-corrected chi connectivity index (χ4v) is 3.20. The summed E-state index contributed by atoms with van der Waals surface area (Å²) in [5.41, 5.74) is 1.72. The van der Waals surface area contributed by atoms with Crippen LogP contribution in [0.5, 0.6) is 11.5 Å². The molecular formula is C20H18ClN3O4. The van der Waals surface area contributed by atoms with E-state index in [1.165, 1.54) is 0 Å². The molecule has 8 heteroatoms. The number of nitrogens with zero attached hydrogens (tertiary/aromatic N) is 2. The minimum absolute atomic E-state index is 0.119. The van der Waals surface area contributed by atoms with Gasteiger partial charge >= 0.3 is 0 Å². The summed E-state index contributed by atoms with van der Waals surface area (Å²) in [6.45, 7) is 0.471. The summed E-state index contributed by atoms with van der Waals surface area (Å²) in [6.07, 6.45) is 0.584. The first kappa shape index (κ1) is 18.3. The molecule has 1 aliphatic heterocycles. The lowest BCUT2D eigenvalue weighted by molar-refractivity contribution is -0.126. The van der Waals surface area contributed by atoms with Crippen molar-refractivity contribution in [2.75, 3.05) is 13.7 Å². The predicted octanol–water partition coefficient (Wildman–Crippen LogP) is 3.27. The first-order chi connectivity index (χ1) is 13.6. The van der Waals surface area contributed by atoms with Gasteiger partial charge in [0.05, 0.1) is 19.6 Å². The van der Waals surface area contributed by atoms with Gasteiger partial charge in [0.25, 0.3) is 5.89 Å². The van der Waals surface area contributed by atoms with Crippen LogP contribution in [0.2, 0.25) is 5.02 Å². The van der Waals surface area contributed by atoms with E-state index in [1.54, 1.807) is 31.4 Å². The van der Waals surface area contributed by atoms with Crippen molar-refractivity contribution < 1.29 is 18.8 Å². The van der Waals surface area contributed by atoms with Crippen LogP contribution in [0.15, 0.2) is 47.0 Å². The fourth-order valence-electron chi connectivity index (χ4n) is 3.07. The van der Waals surface area contributed by atoms with Crippen LogP contribution in [-0.2, 0) is 17.8 Å². The number of ether oxygens (including phenoxy) is 2. The normalized spacial score (nSPS) is 15.4. The van der Waals surface area contributed by atoms with Crippen LogP contribution in [0.4, 0.5) is 0 Å². The minimum Gasteiger partial charge on any atom is -0.493 e. The Kier molecular flexibility index (Phi) is 5.16. The Morgan fingerprint density at radius 3 is 2.89 bits per heavy atom. The average Bonchev–Trinajstić information content (AvgIpc) is 3.20. The van der Waals surface area contributed by atoms with E-state index < -0.39 is 0 Å². The van der Waals surface area contributed by atoms with Crippen LogP contribution >= 0.6 is 11.6 Å². The molecule has 28 heavy (non-hydrogen) atoms. The van der Waals surface area contributed by atoms with Crippen LogP contribution in [0, 0.1) is 5.92 Å². The van der Waals surface area contributed by atoms with Gasteiger partial charge in [0.15, 0.2) is 17.3 Å². The molecule has 2 aromatic carbocycles. The van der Waals surface area contributed by atoms with Gasteiger partial charge in [-0.05, 0) is 42.3 Å². The number of amides is 1. The standard InChI is InChI=1S/C20H18ClN3O4/c1-26-16-4-2-3-13-9-14(11-27-18(13)16)19(25)22-10-17-23-20(28-24-17)12-5-7-15(21)8-6-12/h2-8,14H,9-11H2,1H3,(H,22,25)/t14-/m0/s1. The van der Waals surface area contributed by atoms with Gasteiger partial charge in [0, 0.05) is 10.6 Å². The average molecular weight is 400 g/mol. The highest BCUT2D eigenvalue weighted by molar-refractivity contribution is 6.30. The molecule has 3 aromatic rings. The molecule has 2 heterocycles. The minimum atomic E-state index is -0.290. The van der Waals surface area contributed by atoms with Gasteiger partial charge in [-0.1, -0.05) is 28.9 Å². The Bertz CT molecular complexity index is 987. The van der Waals surface area contributed by atoms with Crippen LogP contribution in [0.1, 0.15) is 11.4 Å². The summed E-state index contributed by atoms with van der Waals surface area (Å²) in [5, 5.41) is 7.38. The molecule has 4 rings (SSSR count). The molecule has 0 saturated carbocycles. The Morgan fingerprint density at radius 1 is 1.29 bits per heavy atom. The molecule has 1 atom stereocenters. The number of hydrogen-bond donors (Lipinski definition) is 1. The number of hydrogen-bond acceptors (Lipinski definition) is 6. The summed E-state index contributed by atoms with van der Waals surface area (Å²) in [4.78, 5) is 16.8. The van der Waals surface area contributed by atoms with Crippen molar-refractivity contribution >= 4 is 17.5 Å². The quantitative estimate of drug-likeness (QED) is 0.708. The molecule has 1 amide bonds. The summed E-state index contributed by atoms with van der Waals surface area (Å²) < 4.78 is 16.3. The van der Waals surface area contributed by atoms with Gasteiger partial charge in [-0.15, -0.1) is 0 Å². The molecule has 0 unspecified atom stereocenters. The molecule has 0 spiro atoms. The van der Waals surface area contributed by atoms with Gasteiger partial charge in [0.2, 0.25) is 5.91 Å². The smallest absolute Gasteiger partial charge is 0.257 e. The zero-order valence-corrected chi connectivity index (χ0v) is 15.9. The van der Waals surface area contributed by atoms with E-state index in [-0.39, 0.29) is 18.4 Å². The van der Waals surface area contributed by atoms with Crippen LogP contribution in [0.3, 0.4) is 0 Å². The number of benzene rings is 2. The van der Waals surface area contributed by atoms with Crippen LogP contribution in [-0.4, -0.2) is 29.8 Å². The lowest BCUT2D eigenvalue weighted by Crippen LogP contribution is -2.37. The maximum absolute atomic E-state index is 12.5. The van der Waals surface area contributed by atoms with Crippen LogP contribution in [0.25, 0.3) is 11.5 Å². The number of aromatic nitrogens is 2. The van der Waals surface area contributed by atoms with E-state index in [1.807, 2.05) is 18.2 Å². The van der Waals surface area contributed by atoms with Crippen molar-refractivity contribution in [3.8, 4) is 23.0 Å². The van der Waals surface area contributed by atoms with Gasteiger partial charge in [-0.3, -0.25) is 4.79 Å². The molecule has 1 aliphatic rings.